The highest BCUT2D eigenvalue weighted by molar-refractivity contribution is 5.86. The van der Waals surface area contributed by atoms with E-state index in [-0.39, 0.29) is 5.76 Å². The van der Waals surface area contributed by atoms with Crippen LogP contribution in [0, 0.1) is 17.8 Å². The van der Waals surface area contributed by atoms with Crippen LogP contribution in [0.1, 0.15) is 41.8 Å². The van der Waals surface area contributed by atoms with Gasteiger partial charge in [0.05, 0.1) is 6.26 Å². The second-order valence-electron chi connectivity index (χ2n) is 5.65. The minimum atomic E-state index is -0.989. The van der Waals surface area contributed by atoms with Gasteiger partial charge in [0.15, 0.2) is 0 Å². The van der Waals surface area contributed by atoms with Gasteiger partial charge >= 0.3 is 5.97 Å². The first-order valence-corrected chi connectivity index (χ1v) is 6.74. The molecule has 1 heterocycles. The van der Waals surface area contributed by atoms with Crippen LogP contribution in [-0.2, 0) is 6.54 Å². The van der Waals surface area contributed by atoms with Gasteiger partial charge in [0.25, 0.3) is 0 Å². The summed E-state index contributed by atoms with van der Waals surface area (Å²) in [5.41, 5.74) is 0.741. The monoisotopic (exact) mass is 249 g/mol. The van der Waals surface area contributed by atoms with Crippen molar-refractivity contribution >= 4 is 5.97 Å². The first-order chi connectivity index (χ1) is 8.74. The van der Waals surface area contributed by atoms with E-state index < -0.39 is 5.97 Å². The fourth-order valence-corrected chi connectivity index (χ4v) is 3.68. The van der Waals surface area contributed by atoms with Crippen molar-refractivity contribution in [2.45, 2.75) is 32.2 Å². The molecule has 98 valence electrons. The number of carboxylic acids is 1. The van der Waals surface area contributed by atoms with E-state index in [4.69, 9.17) is 9.52 Å². The third kappa shape index (κ3) is 2.17. The van der Waals surface area contributed by atoms with E-state index in [9.17, 15) is 4.79 Å². The van der Waals surface area contributed by atoms with Crippen molar-refractivity contribution in [3.8, 4) is 0 Å². The summed E-state index contributed by atoms with van der Waals surface area (Å²) < 4.78 is 4.96. The number of furan rings is 1. The number of carboxylic acid groups (broad SMARTS) is 1. The molecule has 2 bridgehead atoms. The molecule has 0 spiro atoms. The van der Waals surface area contributed by atoms with Crippen LogP contribution in [0.4, 0.5) is 0 Å². The number of aromatic carboxylic acids is 1. The number of hydrogen-bond donors (Lipinski definition) is 2. The fraction of sp³-hybridized carbons (Fsp3) is 0.643. The van der Waals surface area contributed by atoms with Crippen LogP contribution < -0.4 is 5.32 Å². The number of carbonyl (C=O) groups is 1. The van der Waals surface area contributed by atoms with Gasteiger partial charge in [-0.2, -0.15) is 0 Å². The molecule has 2 aliphatic carbocycles. The summed E-state index contributed by atoms with van der Waals surface area (Å²) >= 11 is 0. The van der Waals surface area contributed by atoms with Gasteiger partial charge in [0.1, 0.15) is 0 Å². The van der Waals surface area contributed by atoms with Crippen LogP contribution in [0.3, 0.4) is 0 Å². The molecule has 4 nitrogen and oxygen atoms in total. The van der Waals surface area contributed by atoms with Gasteiger partial charge in [0.2, 0.25) is 5.76 Å². The van der Waals surface area contributed by atoms with Crippen molar-refractivity contribution in [3.63, 3.8) is 0 Å². The molecule has 0 aromatic carbocycles. The summed E-state index contributed by atoms with van der Waals surface area (Å²) in [4.78, 5) is 10.9. The Kier molecular flexibility index (Phi) is 3.12. The lowest BCUT2D eigenvalue weighted by Gasteiger charge is -2.21. The second kappa shape index (κ2) is 4.76. The number of rotatable bonds is 5. The number of nitrogens with one attached hydrogen (secondary N) is 1. The minimum Gasteiger partial charge on any atom is -0.475 e. The van der Waals surface area contributed by atoms with Gasteiger partial charge in [-0.1, -0.05) is 6.42 Å². The molecule has 0 amide bonds. The quantitative estimate of drug-likeness (QED) is 0.841. The predicted molar refractivity (Wildman–Crippen MR) is 66.3 cm³/mol. The Morgan fingerprint density at radius 3 is 3.00 bits per heavy atom. The molecule has 3 unspecified atom stereocenters. The average molecular weight is 249 g/mol. The molecular formula is C14H19NO3. The van der Waals surface area contributed by atoms with Crippen LogP contribution in [0.2, 0.25) is 0 Å². The molecule has 2 N–H and O–H groups in total. The van der Waals surface area contributed by atoms with Crippen LogP contribution in [0.25, 0.3) is 0 Å². The summed E-state index contributed by atoms with van der Waals surface area (Å²) in [6, 6.07) is 1.73. The van der Waals surface area contributed by atoms with E-state index in [1.807, 2.05) is 0 Å². The van der Waals surface area contributed by atoms with Gasteiger partial charge in [-0.05, 0) is 49.6 Å². The van der Waals surface area contributed by atoms with Crippen molar-refractivity contribution in [2.24, 2.45) is 17.8 Å². The first kappa shape index (κ1) is 11.8. The highest BCUT2D eigenvalue weighted by Crippen LogP contribution is 2.47. The third-order valence-electron chi connectivity index (χ3n) is 4.55. The lowest BCUT2D eigenvalue weighted by Crippen LogP contribution is -2.26. The molecule has 1 aromatic heterocycles. The van der Waals surface area contributed by atoms with Crippen molar-refractivity contribution in [1.82, 2.24) is 5.32 Å². The molecular weight excluding hydrogens is 230 g/mol. The molecule has 2 fully saturated rings. The maximum Gasteiger partial charge on any atom is 0.372 e. The van der Waals surface area contributed by atoms with E-state index in [2.05, 4.69) is 5.32 Å². The highest BCUT2D eigenvalue weighted by atomic mass is 16.4. The van der Waals surface area contributed by atoms with E-state index in [1.54, 1.807) is 6.07 Å². The van der Waals surface area contributed by atoms with Crippen molar-refractivity contribution in [1.29, 1.82) is 0 Å². The van der Waals surface area contributed by atoms with Gasteiger partial charge in [0, 0.05) is 12.1 Å². The Labute approximate surface area is 106 Å². The van der Waals surface area contributed by atoms with Crippen LogP contribution in [-0.4, -0.2) is 17.6 Å². The molecule has 2 aliphatic rings. The van der Waals surface area contributed by atoms with Crippen molar-refractivity contribution in [3.05, 3.63) is 23.7 Å². The van der Waals surface area contributed by atoms with Crippen LogP contribution in [0.15, 0.2) is 16.7 Å². The summed E-state index contributed by atoms with van der Waals surface area (Å²) in [6.07, 6.45) is 7.03. The maximum absolute atomic E-state index is 10.9. The lowest BCUT2D eigenvalue weighted by atomic mass is 9.89. The molecule has 4 heteroatoms. The van der Waals surface area contributed by atoms with Gasteiger partial charge in [-0.3, -0.25) is 0 Å². The molecule has 3 atom stereocenters. The third-order valence-corrected chi connectivity index (χ3v) is 4.55. The molecule has 0 saturated heterocycles. The van der Waals surface area contributed by atoms with E-state index in [1.165, 1.54) is 31.9 Å². The zero-order chi connectivity index (χ0) is 12.5. The zero-order valence-corrected chi connectivity index (χ0v) is 10.4. The van der Waals surface area contributed by atoms with Gasteiger partial charge in [-0.15, -0.1) is 0 Å². The first-order valence-electron chi connectivity index (χ1n) is 6.74. The Bertz CT molecular complexity index is 440. The Hall–Kier alpha value is -1.29. The van der Waals surface area contributed by atoms with E-state index in [0.29, 0.717) is 6.54 Å². The molecule has 1 aromatic rings. The number of fused-ring (bicyclic) bond motifs is 2. The fourth-order valence-electron chi connectivity index (χ4n) is 3.68. The summed E-state index contributed by atoms with van der Waals surface area (Å²) in [5, 5.41) is 12.3. The van der Waals surface area contributed by atoms with Gasteiger partial charge < -0.3 is 14.8 Å². The van der Waals surface area contributed by atoms with Crippen LogP contribution >= 0.6 is 0 Å². The molecule has 0 radical (unpaired) electrons. The largest absolute Gasteiger partial charge is 0.475 e. The van der Waals surface area contributed by atoms with Crippen LogP contribution in [0.5, 0.6) is 0 Å². The summed E-state index contributed by atoms with van der Waals surface area (Å²) in [5.74, 6) is 1.74. The standard InChI is InChI=1S/C14H19NO3/c16-14(17)13-11(3-4-18-13)7-15-8-12-6-9-1-2-10(12)5-9/h3-4,9-10,12,15H,1-2,5-8H2,(H,16,17). The molecule has 2 saturated carbocycles. The average Bonchev–Trinajstić information content (AvgIpc) is 3.03. The van der Waals surface area contributed by atoms with Crippen molar-refractivity contribution < 1.29 is 14.3 Å². The second-order valence-corrected chi connectivity index (χ2v) is 5.65. The highest BCUT2D eigenvalue weighted by Gasteiger charge is 2.38. The molecule has 18 heavy (non-hydrogen) atoms. The normalized spacial score (nSPS) is 29.9. The Morgan fingerprint density at radius 1 is 1.44 bits per heavy atom. The maximum atomic E-state index is 10.9. The Morgan fingerprint density at radius 2 is 2.33 bits per heavy atom. The topological polar surface area (TPSA) is 62.5 Å². The molecule has 0 aliphatic heterocycles. The number of hydrogen-bond acceptors (Lipinski definition) is 3. The smallest absolute Gasteiger partial charge is 0.372 e. The van der Waals surface area contributed by atoms with E-state index in [0.717, 1.165) is 29.9 Å². The SMILES string of the molecule is O=C(O)c1occc1CNCC1CC2CCC1C2. The minimum absolute atomic E-state index is 0.0652. The lowest BCUT2D eigenvalue weighted by molar-refractivity contribution is 0.0660. The Balaban J connectivity index is 1.50. The predicted octanol–water partition coefficient (Wildman–Crippen LogP) is 2.50. The summed E-state index contributed by atoms with van der Waals surface area (Å²) in [7, 11) is 0. The molecule has 3 rings (SSSR count). The zero-order valence-electron chi connectivity index (χ0n) is 10.4. The van der Waals surface area contributed by atoms with Crippen molar-refractivity contribution in [2.75, 3.05) is 6.54 Å². The summed E-state index contributed by atoms with van der Waals surface area (Å²) in [6.45, 7) is 1.59. The van der Waals surface area contributed by atoms with Gasteiger partial charge in [-0.25, -0.2) is 4.79 Å². The van der Waals surface area contributed by atoms with E-state index >= 15 is 0 Å².